The van der Waals surface area contributed by atoms with Crippen molar-refractivity contribution >= 4 is 21.8 Å². The molecule has 0 fully saturated rings. The summed E-state index contributed by atoms with van der Waals surface area (Å²) in [6.07, 6.45) is 0.450. The molecule has 1 unspecified atom stereocenters. The maximum atomic E-state index is 11.6. The summed E-state index contributed by atoms with van der Waals surface area (Å²) in [6, 6.07) is 3.20. The number of furan rings is 1. The molecule has 96 valence electrons. The van der Waals surface area contributed by atoms with Crippen molar-refractivity contribution in [3.63, 3.8) is 0 Å². The minimum absolute atomic E-state index is 0.146. The average molecular weight is 306 g/mol. The standard InChI is InChI=1S/C11H16BrNO4/c1-11(15,5-6-16-2)7-13-10(14)8-3-4-9(12)17-8/h3-4,15H,5-7H2,1-2H3,(H,13,14). The Balaban J connectivity index is 2.42. The van der Waals surface area contributed by atoms with Gasteiger partial charge in [0, 0.05) is 26.7 Å². The molecule has 1 amide bonds. The summed E-state index contributed by atoms with van der Waals surface area (Å²) in [5.74, 6) is -0.146. The van der Waals surface area contributed by atoms with E-state index < -0.39 is 5.60 Å². The highest BCUT2D eigenvalue weighted by Gasteiger charge is 2.22. The quantitative estimate of drug-likeness (QED) is 0.836. The molecule has 1 aromatic rings. The van der Waals surface area contributed by atoms with E-state index in [2.05, 4.69) is 21.2 Å². The van der Waals surface area contributed by atoms with Crippen LogP contribution in [0, 0.1) is 0 Å². The van der Waals surface area contributed by atoms with E-state index in [1.165, 1.54) is 0 Å². The zero-order valence-electron chi connectivity index (χ0n) is 9.83. The van der Waals surface area contributed by atoms with Gasteiger partial charge in [-0.25, -0.2) is 0 Å². The van der Waals surface area contributed by atoms with Crippen LogP contribution in [0.3, 0.4) is 0 Å². The SMILES string of the molecule is COCCC(C)(O)CNC(=O)c1ccc(Br)o1. The van der Waals surface area contributed by atoms with Crippen molar-refractivity contribution in [2.24, 2.45) is 0 Å². The smallest absolute Gasteiger partial charge is 0.287 e. The minimum atomic E-state index is -0.991. The molecule has 0 saturated heterocycles. The molecule has 1 atom stereocenters. The summed E-state index contributed by atoms with van der Waals surface area (Å²) in [7, 11) is 1.56. The summed E-state index contributed by atoms with van der Waals surface area (Å²) in [5, 5.41) is 12.5. The molecule has 2 N–H and O–H groups in total. The minimum Gasteiger partial charge on any atom is -0.444 e. The number of nitrogens with one attached hydrogen (secondary N) is 1. The van der Waals surface area contributed by atoms with E-state index in [-0.39, 0.29) is 18.2 Å². The Morgan fingerprint density at radius 3 is 2.88 bits per heavy atom. The van der Waals surface area contributed by atoms with Crippen LogP contribution in [-0.4, -0.2) is 36.9 Å². The molecule has 1 heterocycles. The molecular formula is C11H16BrNO4. The van der Waals surface area contributed by atoms with Crippen LogP contribution < -0.4 is 5.32 Å². The molecule has 0 spiro atoms. The molecule has 0 aliphatic rings. The highest BCUT2D eigenvalue weighted by molar-refractivity contribution is 9.10. The summed E-state index contributed by atoms with van der Waals surface area (Å²) < 4.78 is 10.5. The number of aliphatic hydroxyl groups is 1. The lowest BCUT2D eigenvalue weighted by molar-refractivity contribution is 0.0240. The van der Waals surface area contributed by atoms with E-state index >= 15 is 0 Å². The number of hydrogen-bond donors (Lipinski definition) is 2. The average Bonchev–Trinajstić information content (AvgIpc) is 2.70. The third-order valence-electron chi connectivity index (χ3n) is 2.27. The van der Waals surface area contributed by atoms with Crippen LogP contribution >= 0.6 is 15.9 Å². The normalized spacial score (nSPS) is 14.4. The van der Waals surface area contributed by atoms with Crippen molar-refractivity contribution in [1.82, 2.24) is 5.32 Å². The Bertz CT molecular complexity index is 375. The fourth-order valence-electron chi connectivity index (χ4n) is 1.20. The van der Waals surface area contributed by atoms with Crippen LogP contribution in [0.4, 0.5) is 0 Å². The maximum absolute atomic E-state index is 11.6. The van der Waals surface area contributed by atoms with E-state index in [1.807, 2.05) is 0 Å². The van der Waals surface area contributed by atoms with Gasteiger partial charge < -0.3 is 19.6 Å². The Hall–Kier alpha value is -0.850. The molecule has 0 aromatic carbocycles. The van der Waals surface area contributed by atoms with Crippen molar-refractivity contribution in [1.29, 1.82) is 0 Å². The van der Waals surface area contributed by atoms with Gasteiger partial charge in [0.25, 0.3) is 5.91 Å². The number of amides is 1. The summed E-state index contributed by atoms with van der Waals surface area (Å²) in [5.41, 5.74) is -0.991. The lowest BCUT2D eigenvalue weighted by atomic mass is 10.0. The van der Waals surface area contributed by atoms with Crippen molar-refractivity contribution in [2.75, 3.05) is 20.3 Å². The molecule has 17 heavy (non-hydrogen) atoms. The van der Waals surface area contributed by atoms with Crippen molar-refractivity contribution in [3.8, 4) is 0 Å². The Kier molecular flexibility index (Phi) is 5.17. The highest BCUT2D eigenvalue weighted by Crippen LogP contribution is 2.14. The van der Waals surface area contributed by atoms with Crippen LogP contribution in [0.2, 0.25) is 0 Å². The monoisotopic (exact) mass is 305 g/mol. The second kappa shape index (κ2) is 6.18. The first-order valence-corrected chi connectivity index (χ1v) is 5.99. The molecule has 0 radical (unpaired) electrons. The Morgan fingerprint density at radius 1 is 1.65 bits per heavy atom. The van der Waals surface area contributed by atoms with Gasteiger partial charge in [0.2, 0.25) is 0 Å². The molecule has 0 bridgehead atoms. The number of halogens is 1. The van der Waals surface area contributed by atoms with Crippen LogP contribution in [0.25, 0.3) is 0 Å². The lowest BCUT2D eigenvalue weighted by Gasteiger charge is -2.22. The third-order valence-corrected chi connectivity index (χ3v) is 2.70. The fourth-order valence-corrected chi connectivity index (χ4v) is 1.51. The molecule has 1 aromatic heterocycles. The predicted molar refractivity (Wildman–Crippen MR) is 65.9 cm³/mol. The van der Waals surface area contributed by atoms with Gasteiger partial charge in [0.05, 0.1) is 5.60 Å². The zero-order valence-corrected chi connectivity index (χ0v) is 11.4. The van der Waals surface area contributed by atoms with Gasteiger partial charge in [-0.05, 0) is 35.0 Å². The van der Waals surface area contributed by atoms with E-state index in [9.17, 15) is 9.90 Å². The van der Waals surface area contributed by atoms with Crippen molar-refractivity contribution in [3.05, 3.63) is 22.6 Å². The van der Waals surface area contributed by atoms with E-state index in [0.717, 1.165) is 0 Å². The van der Waals surface area contributed by atoms with Crippen LogP contribution in [0.15, 0.2) is 21.2 Å². The predicted octanol–water partition coefficient (Wildman–Crippen LogP) is 1.56. The van der Waals surface area contributed by atoms with Crippen molar-refractivity contribution < 1.29 is 19.1 Å². The first-order valence-electron chi connectivity index (χ1n) is 5.19. The van der Waals surface area contributed by atoms with Gasteiger partial charge >= 0.3 is 0 Å². The highest BCUT2D eigenvalue weighted by atomic mass is 79.9. The third kappa shape index (κ3) is 4.89. The topological polar surface area (TPSA) is 71.7 Å². The van der Waals surface area contributed by atoms with Gasteiger partial charge in [-0.1, -0.05) is 0 Å². The summed E-state index contributed by atoms with van der Waals surface area (Å²) in [4.78, 5) is 11.6. The second-order valence-corrected chi connectivity index (χ2v) is 4.81. The molecule has 0 aliphatic carbocycles. The number of carbonyl (C=O) groups excluding carboxylic acids is 1. The second-order valence-electron chi connectivity index (χ2n) is 4.03. The van der Waals surface area contributed by atoms with Crippen LogP contribution in [0.1, 0.15) is 23.9 Å². The molecule has 1 rings (SSSR count). The van der Waals surface area contributed by atoms with E-state index in [0.29, 0.717) is 17.7 Å². The van der Waals surface area contributed by atoms with E-state index in [1.54, 1.807) is 26.2 Å². The van der Waals surface area contributed by atoms with Gasteiger partial charge in [0.1, 0.15) is 0 Å². The van der Waals surface area contributed by atoms with Crippen molar-refractivity contribution in [2.45, 2.75) is 18.9 Å². The number of ether oxygens (including phenoxy) is 1. The molecule has 0 aliphatic heterocycles. The van der Waals surface area contributed by atoms with Gasteiger partial charge in [-0.15, -0.1) is 0 Å². The number of carbonyl (C=O) groups is 1. The molecule has 6 heteroatoms. The number of hydrogen-bond acceptors (Lipinski definition) is 4. The first kappa shape index (κ1) is 14.2. The van der Waals surface area contributed by atoms with E-state index in [4.69, 9.17) is 9.15 Å². The van der Waals surface area contributed by atoms with Gasteiger partial charge in [-0.2, -0.15) is 0 Å². The number of methoxy groups -OCH3 is 1. The fraction of sp³-hybridized carbons (Fsp3) is 0.545. The molecule has 0 saturated carbocycles. The molecule has 5 nitrogen and oxygen atoms in total. The zero-order chi connectivity index (χ0) is 12.9. The Labute approximate surface area is 108 Å². The first-order chi connectivity index (χ1) is 7.94. The summed E-state index contributed by atoms with van der Waals surface area (Å²) >= 11 is 3.11. The largest absolute Gasteiger partial charge is 0.444 e. The van der Waals surface area contributed by atoms with Crippen LogP contribution in [-0.2, 0) is 4.74 Å². The summed E-state index contributed by atoms with van der Waals surface area (Å²) in [6.45, 7) is 2.23. The van der Waals surface area contributed by atoms with Gasteiger partial charge in [-0.3, -0.25) is 4.79 Å². The Morgan fingerprint density at radius 2 is 2.35 bits per heavy atom. The lowest BCUT2D eigenvalue weighted by Crippen LogP contribution is -2.41. The van der Waals surface area contributed by atoms with Crippen LogP contribution in [0.5, 0.6) is 0 Å². The van der Waals surface area contributed by atoms with Gasteiger partial charge in [0.15, 0.2) is 10.4 Å². The molecular weight excluding hydrogens is 290 g/mol. The number of rotatable bonds is 6. The maximum Gasteiger partial charge on any atom is 0.287 e.